The Balaban J connectivity index is 2.00. The first-order chi connectivity index (χ1) is 7.29. The van der Waals surface area contributed by atoms with Crippen molar-refractivity contribution in [2.75, 3.05) is 5.32 Å². The molecular formula is C12H13BrN2. The van der Waals surface area contributed by atoms with Gasteiger partial charge in [-0.05, 0) is 43.0 Å². The van der Waals surface area contributed by atoms with Crippen LogP contribution in [-0.4, -0.2) is 6.04 Å². The Bertz CT molecular complexity index is 362. The molecule has 3 heteroatoms. The summed E-state index contributed by atoms with van der Waals surface area (Å²) in [5.74, 6) is 0.540. The van der Waals surface area contributed by atoms with Crippen molar-refractivity contribution in [1.29, 1.82) is 5.26 Å². The quantitative estimate of drug-likeness (QED) is 0.907. The third kappa shape index (κ3) is 2.51. The van der Waals surface area contributed by atoms with E-state index in [4.69, 9.17) is 5.26 Å². The second-order valence-electron chi connectivity index (χ2n) is 3.95. The van der Waals surface area contributed by atoms with Crippen LogP contribution in [0, 0.1) is 17.2 Å². The standard InChI is InChI=1S/C12H13BrN2/c13-10-4-6-11(7-5-10)15-12(8-14)9-2-1-3-9/h4-7,9,12,15H,1-3H2. The van der Waals surface area contributed by atoms with E-state index < -0.39 is 0 Å². The van der Waals surface area contributed by atoms with Crippen molar-refractivity contribution in [1.82, 2.24) is 0 Å². The summed E-state index contributed by atoms with van der Waals surface area (Å²) in [6, 6.07) is 10.3. The molecule has 1 N–H and O–H groups in total. The maximum Gasteiger partial charge on any atom is 0.117 e. The molecule has 0 bridgehead atoms. The van der Waals surface area contributed by atoms with Crippen LogP contribution in [0.5, 0.6) is 0 Å². The molecule has 1 fully saturated rings. The number of rotatable bonds is 3. The predicted molar refractivity (Wildman–Crippen MR) is 64.5 cm³/mol. The van der Waals surface area contributed by atoms with Crippen LogP contribution in [0.15, 0.2) is 28.7 Å². The van der Waals surface area contributed by atoms with Crippen molar-refractivity contribution in [3.05, 3.63) is 28.7 Å². The molecule has 1 aliphatic rings. The van der Waals surface area contributed by atoms with E-state index >= 15 is 0 Å². The molecule has 2 nitrogen and oxygen atoms in total. The smallest absolute Gasteiger partial charge is 0.117 e. The molecule has 1 unspecified atom stereocenters. The zero-order valence-electron chi connectivity index (χ0n) is 8.41. The summed E-state index contributed by atoms with van der Waals surface area (Å²) in [5, 5.41) is 12.3. The fourth-order valence-electron chi connectivity index (χ4n) is 1.75. The average molecular weight is 265 g/mol. The van der Waals surface area contributed by atoms with Gasteiger partial charge in [0, 0.05) is 10.2 Å². The van der Waals surface area contributed by atoms with Gasteiger partial charge in [-0.1, -0.05) is 22.4 Å². The van der Waals surface area contributed by atoms with Gasteiger partial charge >= 0.3 is 0 Å². The molecule has 1 atom stereocenters. The Hall–Kier alpha value is -1.01. The summed E-state index contributed by atoms with van der Waals surface area (Å²) in [6.07, 6.45) is 3.63. The van der Waals surface area contributed by atoms with Gasteiger partial charge in [0.2, 0.25) is 0 Å². The van der Waals surface area contributed by atoms with Gasteiger partial charge in [-0.2, -0.15) is 5.26 Å². The van der Waals surface area contributed by atoms with Gasteiger partial charge in [0.25, 0.3) is 0 Å². The lowest BCUT2D eigenvalue weighted by molar-refractivity contribution is 0.303. The first-order valence-electron chi connectivity index (χ1n) is 5.21. The minimum Gasteiger partial charge on any atom is -0.370 e. The molecular weight excluding hydrogens is 252 g/mol. The minimum absolute atomic E-state index is 0.0278. The number of benzene rings is 1. The van der Waals surface area contributed by atoms with Crippen LogP contribution in [0.2, 0.25) is 0 Å². The van der Waals surface area contributed by atoms with E-state index in [1.807, 2.05) is 24.3 Å². The molecule has 0 heterocycles. The molecule has 1 saturated carbocycles. The summed E-state index contributed by atoms with van der Waals surface area (Å²) in [4.78, 5) is 0. The molecule has 2 rings (SSSR count). The van der Waals surface area contributed by atoms with E-state index in [0.717, 1.165) is 10.2 Å². The third-order valence-corrected chi connectivity index (χ3v) is 3.46. The van der Waals surface area contributed by atoms with E-state index in [2.05, 4.69) is 27.3 Å². The Kier molecular flexibility index (Phi) is 3.27. The van der Waals surface area contributed by atoms with Gasteiger partial charge in [-0.3, -0.25) is 0 Å². The average Bonchev–Trinajstić information content (AvgIpc) is 2.17. The topological polar surface area (TPSA) is 35.8 Å². The van der Waals surface area contributed by atoms with Gasteiger partial charge in [-0.25, -0.2) is 0 Å². The van der Waals surface area contributed by atoms with Gasteiger partial charge < -0.3 is 5.32 Å². The van der Waals surface area contributed by atoms with E-state index in [0.29, 0.717) is 5.92 Å². The normalized spacial score (nSPS) is 17.6. The Morgan fingerprint density at radius 1 is 1.33 bits per heavy atom. The van der Waals surface area contributed by atoms with Gasteiger partial charge in [0.1, 0.15) is 6.04 Å². The molecule has 0 aliphatic heterocycles. The van der Waals surface area contributed by atoms with Gasteiger partial charge in [0.15, 0.2) is 0 Å². The zero-order chi connectivity index (χ0) is 10.7. The molecule has 0 spiro atoms. The lowest BCUT2D eigenvalue weighted by atomic mass is 9.80. The molecule has 0 saturated heterocycles. The maximum atomic E-state index is 9.06. The lowest BCUT2D eigenvalue weighted by Crippen LogP contribution is -2.32. The fourth-order valence-corrected chi connectivity index (χ4v) is 2.02. The van der Waals surface area contributed by atoms with Gasteiger partial charge in [0.05, 0.1) is 6.07 Å². The molecule has 15 heavy (non-hydrogen) atoms. The van der Waals surface area contributed by atoms with Crippen molar-refractivity contribution in [2.45, 2.75) is 25.3 Å². The highest BCUT2D eigenvalue weighted by Gasteiger charge is 2.26. The van der Waals surface area contributed by atoms with Crippen LogP contribution in [0.3, 0.4) is 0 Å². The van der Waals surface area contributed by atoms with Crippen molar-refractivity contribution in [3.8, 4) is 6.07 Å². The minimum atomic E-state index is -0.0278. The Labute approximate surface area is 98.4 Å². The van der Waals surface area contributed by atoms with E-state index in [1.54, 1.807) is 0 Å². The molecule has 1 aromatic rings. The number of anilines is 1. The summed E-state index contributed by atoms with van der Waals surface area (Å²) in [7, 11) is 0. The number of hydrogen-bond donors (Lipinski definition) is 1. The highest BCUT2D eigenvalue weighted by atomic mass is 79.9. The fraction of sp³-hybridized carbons (Fsp3) is 0.417. The van der Waals surface area contributed by atoms with Crippen LogP contribution >= 0.6 is 15.9 Å². The van der Waals surface area contributed by atoms with Crippen LogP contribution in [0.4, 0.5) is 5.69 Å². The summed E-state index contributed by atoms with van der Waals surface area (Å²) in [5.41, 5.74) is 1.02. The van der Waals surface area contributed by atoms with Crippen LogP contribution < -0.4 is 5.32 Å². The number of nitrogens with zero attached hydrogens (tertiary/aromatic N) is 1. The second-order valence-corrected chi connectivity index (χ2v) is 4.86. The maximum absolute atomic E-state index is 9.06. The molecule has 1 aliphatic carbocycles. The van der Waals surface area contributed by atoms with Crippen molar-refractivity contribution in [3.63, 3.8) is 0 Å². The first-order valence-corrected chi connectivity index (χ1v) is 6.00. The van der Waals surface area contributed by atoms with Gasteiger partial charge in [-0.15, -0.1) is 0 Å². The summed E-state index contributed by atoms with van der Waals surface area (Å²) in [6.45, 7) is 0. The number of nitrogens with one attached hydrogen (secondary N) is 1. The third-order valence-electron chi connectivity index (χ3n) is 2.93. The molecule has 78 valence electrons. The summed E-state index contributed by atoms with van der Waals surface area (Å²) < 4.78 is 1.06. The van der Waals surface area contributed by atoms with Crippen molar-refractivity contribution >= 4 is 21.6 Å². The van der Waals surface area contributed by atoms with Crippen molar-refractivity contribution < 1.29 is 0 Å². The SMILES string of the molecule is N#CC(Nc1ccc(Br)cc1)C1CCC1. The zero-order valence-corrected chi connectivity index (χ0v) is 10.00. The summed E-state index contributed by atoms with van der Waals surface area (Å²) >= 11 is 3.39. The number of halogens is 1. The number of hydrogen-bond acceptors (Lipinski definition) is 2. The second kappa shape index (κ2) is 4.67. The van der Waals surface area contributed by atoms with Crippen LogP contribution in [0.25, 0.3) is 0 Å². The number of nitriles is 1. The molecule has 0 aromatic heterocycles. The van der Waals surface area contributed by atoms with E-state index in [-0.39, 0.29) is 6.04 Å². The first kappa shape index (κ1) is 10.5. The lowest BCUT2D eigenvalue weighted by Gasteiger charge is -2.30. The van der Waals surface area contributed by atoms with Crippen LogP contribution in [0.1, 0.15) is 19.3 Å². The molecule has 1 aromatic carbocycles. The predicted octanol–water partition coefficient (Wildman–Crippen LogP) is 3.55. The highest BCUT2D eigenvalue weighted by Crippen LogP contribution is 2.31. The van der Waals surface area contributed by atoms with E-state index in [1.165, 1.54) is 19.3 Å². The van der Waals surface area contributed by atoms with Crippen LogP contribution in [-0.2, 0) is 0 Å². The van der Waals surface area contributed by atoms with Crippen molar-refractivity contribution in [2.24, 2.45) is 5.92 Å². The highest BCUT2D eigenvalue weighted by molar-refractivity contribution is 9.10. The Morgan fingerprint density at radius 2 is 2.00 bits per heavy atom. The van der Waals surface area contributed by atoms with E-state index in [9.17, 15) is 0 Å². The molecule has 0 radical (unpaired) electrons. The Morgan fingerprint density at radius 3 is 2.47 bits per heavy atom. The largest absolute Gasteiger partial charge is 0.370 e. The monoisotopic (exact) mass is 264 g/mol. The molecule has 0 amide bonds.